The van der Waals surface area contributed by atoms with Crippen LogP contribution in [0.1, 0.15) is 18.9 Å². The minimum atomic E-state index is 0.157. The maximum Gasteiger partial charge on any atom is 0.140 e. The largest absolute Gasteiger partial charge is 0.368 e. The van der Waals surface area contributed by atoms with E-state index in [-0.39, 0.29) is 5.38 Å². The van der Waals surface area contributed by atoms with Gasteiger partial charge in [0.15, 0.2) is 0 Å². The number of pyridine rings is 1. The highest BCUT2D eigenvalue weighted by molar-refractivity contribution is 9.10. The van der Waals surface area contributed by atoms with Gasteiger partial charge in [0, 0.05) is 12.7 Å². The Hall–Kier alpha value is -0.280. The first-order valence-corrected chi connectivity index (χ1v) is 5.86. The lowest BCUT2D eigenvalue weighted by Crippen LogP contribution is -2.14. The van der Waals surface area contributed by atoms with E-state index < -0.39 is 0 Å². The summed E-state index contributed by atoms with van der Waals surface area (Å²) in [5.74, 6) is 0.856. The van der Waals surface area contributed by atoms with Gasteiger partial charge in [-0.1, -0.05) is 6.92 Å². The number of anilines is 1. The number of alkyl halides is 1. The summed E-state index contributed by atoms with van der Waals surface area (Å²) in [5, 5.41) is 3.36. The molecule has 0 spiro atoms. The maximum atomic E-state index is 5.99. The van der Waals surface area contributed by atoms with Gasteiger partial charge in [-0.05, 0) is 40.9 Å². The molecule has 2 nitrogen and oxygen atoms in total. The smallest absolute Gasteiger partial charge is 0.140 e. The Morgan fingerprint density at radius 1 is 1.64 bits per heavy atom. The molecule has 1 atom stereocenters. The van der Waals surface area contributed by atoms with E-state index in [4.69, 9.17) is 11.6 Å². The third kappa shape index (κ3) is 3.46. The summed E-state index contributed by atoms with van der Waals surface area (Å²) in [6.45, 7) is 4.82. The third-order valence-corrected chi connectivity index (χ3v) is 2.98. The van der Waals surface area contributed by atoms with Crippen molar-refractivity contribution in [1.29, 1.82) is 0 Å². The monoisotopic (exact) mass is 276 g/mol. The van der Waals surface area contributed by atoms with Gasteiger partial charge in [-0.3, -0.25) is 0 Å². The van der Waals surface area contributed by atoms with E-state index in [0.29, 0.717) is 0 Å². The second-order valence-electron chi connectivity index (χ2n) is 3.23. The number of hydrogen-bond donors (Lipinski definition) is 1. The van der Waals surface area contributed by atoms with Crippen molar-refractivity contribution in [2.45, 2.75) is 25.6 Å². The van der Waals surface area contributed by atoms with E-state index in [1.807, 2.05) is 19.2 Å². The lowest BCUT2D eigenvalue weighted by molar-refractivity contribution is 0.840. The first-order valence-electron chi connectivity index (χ1n) is 4.63. The molecule has 0 bridgehead atoms. The van der Waals surface area contributed by atoms with Crippen LogP contribution in [-0.2, 0) is 0 Å². The van der Waals surface area contributed by atoms with Crippen molar-refractivity contribution < 1.29 is 0 Å². The number of aryl methyl sites for hydroxylation is 1. The fraction of sp³-hybridized carbons (Fsp3) is 0.500. The van der Waals surface area contributed by atoms with Gasteiger partial charge in [-0.25, -0.2) is 4.98 Å². The van der Waals surface area contributed by atoms with Crippen LogP contribution >= 0.6 is 27.5 Å². The van der Waals surface area contributed by atoms with Crippen LogP contribution in [0, 0.1) is 6.92 Å². The van der Waals surface area contributed by atoms with E-state index in [2.05, 4.69) is 33.2 Å². The molecule has 1 rings (SSSR count). The highest BCUT2D eigenvalue weighted by Crippen LogP contribution is 2.20. The summed E-state index contributed by atoms with van der Waals surface area (Å²) in [6, 6.07) is 2.03. The normalized spacial score (nSPS) is 12.6. The number of halogens is 2. The Morgan fingerprint density at radius 3 is 2.93 bits per heavy atom. The molecule has 1 unspecified atom stereocenters. The van der Waals surface area contributed by atoms with E-state index in [1.165, 1.54) is 0 Å². The van der Waals surface area contributed by atoms with Crippen molar-refractivity contribution >= 4 is 33.3 Å². The van der Waals surface area contributed by atoms with Gasteiger partial charge in [0.2, 0.25) is 0 Å². The molecular formula is C10H14BrClN2. The van der Waals surface area contributed by atoms with Crippen LogP contribution in [-0.4, -0.2) is 16.9 Å². The highest BCUT2D eigenvalue weighted by atomic mass is 79.9. The van der Waals surface area contributed by atoms with E-state index >= 15 is 0 Å². The molecule has 1 N–H and O–H groups in total. The predicted molar refractivity (Wildman–Crippen MR) is 65.1 cm³/mol. The molecule has 1 heterocycles. The van der Waals surface area contributed by atoms with Gasteiger partial charge in [-0.15, -0.1) is 11.6 Å². The molecule has 0 aliphatic heterocycles. The standard InChI is InChI=1S/C10H14BrClN2/c1-3-8(12)6-14-10-9(11)4-7(2)5-13-10/h4-5,8H,3,6H2,1-2H3,(H,13,14). The molecule has 1 aromatic heterocycles. The molecule has 1 aromatic rings. The molecule has 0 saturated heterocycles. The van der Waals surface area contributed by atoms with Crippen LogP contribution in [0.5, 0.6) is 0 Å². The predicted octanol–water partition coefficient (Wildman–Crippen LogP) is 3.58. The van der Waals surface area contributed by atoms with Crippen molar-refractivity contribution in [3.63, 3.8) is 0 Å². The topological polar surface area (TPSA) is 24.9 Å². The molecule has 0 aromatic carbocycles. The van der Waals surface area contributed by atoms with Gasteiger partial charge >= 0.3 is 0 Å². The molecule has 14 heavy (non-hydrogen) atoms. The second kappa shape index (κ2) is 5.56. The summed E-state index contributed by atoms with van der Waals surface area (Å²) in [5.41, 5.74) is 1.14. The number of aromatic nitrogens is 1. The lowest BCUT2D eigenvalue weighted by Gasteiger charge is -2.10. The first kappa shape index (κ1) is 11.8. The lowest BCUT2D eigenvalue weighted by atomic mass is 10.3. The van der Waals surface area contributed by atoms with Gasteiger partial charge in [0.1, 0.15) is 5.82 Å². The van der Waals surface area contributed by atoms with Crippen molar-refractivity contribution in [1.82, 2.24) is 4.98 Å². The Morgan fingerprint density at radius 2 is 2.36 bits per heavy atom. The number of nitrogens with one attached hydrogen (secondary N) is 1. The zero-order chi connectivity index (χ0) is 10.6. The van der Waals surface area contributed by atoms with Gasteiger partial charge < -0.3 is 5.32 Å². The van der Waals surface area contributed by atoms with Crippen LogP contribution in [0.2, 0.25) is 0 Å². The zero-order valence-corrected chi connectivity index (χ0v) is 10.7. The number of hydrogen-bond acceptors (Lipinski definition) is 2. The molecular weight excluding hydrogens is 263 g/mol. The van der Waals surface area contributed by atoms with E-state index in [0.717, 1.165) is 28.8 Å². The molecule has 0 saturated carbocycles. The molecule has 78 valence electrons. The van der Waals surface area contributed by atoms with Crippen LogP contribution in [0.4, 0.5) is 5.82 Å². The molecule has 0 aliphatic rings. The number of nitrogens with zero attached hydrogens (tertiary/aromatic N) is 1. The SMILES string of the molecule is CCC(Cl)CNc1ncc(C)cc1Br. The summed E-state index contributed by atoms with van der Waals surface area (Å²) in [6.07, 6.45) is 2.79. The van der Waals surface area contributed by atoms with Gasteiger partial charge in [0.25, 0.3) is 0 Å². The minimum Gasteiger partial charge on any atom is -0.368 e. The Bertz CT molecular complexity index is 304. The van der Waals surface area contributed by atoms with Crippen molar-refractivity contribution in [2.24, 2.45) is 0 Å². The summed E-state index contributed by atoms with van der Waals surface area (Å²) < 4.78 is 0.984. The average Bonchev–Trinajstić information content (AvgIpc) is 2.16. The van der Waals surface area contributed by atoms with Crippen molar-refractivity contribution in [2.75, 3.05) is 11.9 Å². The summed E-state index contributed by atoms with van der Waals surface area (Å²) in [7, 11) is 0. The highest BCUT2D eigenvalue weighted by Gasteiger charge is 2.04. The van der Waals surface area contributed by atoms with E-state index in [1.54, 1.807) is 0 Å². The van der Waals surface area contributed by atoms with Crippen LogP contribution < -0.4 is 5.32 Å². The Labute approximate surface area is 98.2 Å². The molecule has 0 radical (unpaired) electrons. The molecule has 4 heteroatoms. The fourth-order valence-electron chi connectivity index (χ4n) is 1.02. The molecule has 0 aliphatic carbocycles. The fourth-order valence-corrected chi connectivity index (χ4v) is 1.70. The number of rotatable bonds is 4. The average molecular weight is 278 g/mol. The third-order valence-electron chi connectivity index (χ3n) is 1.91. The molecule has 0 fully saturated rings. The Balaban J connectivity index is 2.59. The van der Waals surface area contributed by atoms with Crippen LogP contribution in [0.15, 0.2) is 16.7 Å². The van der Waals surface area contributed by atoms with Gasteiger partial charge in [0.05, 0.1) is 9.85 Å². The quantitative estimate of drug-likeness (QED) is 0.851. The summed E-state index contributed by atoms with van der Waals surface area (Å²) >= 11 is 9.44. The maximum absolute atomic E-state index is 5.99. The van der Waals surface area contributed by atoms with Gasteiger partial charge in [-0.2, -0.15) is 0 Å². The second-order valence-corrected chi connectivity index (χ2v) is 4.70. The van der Waals surface area contributed by atoms with Crippen molar-refractivity contribution in [3.8, 4) is 0 Å². The minimum absolute atomic E-state index is 0.157. The zero-order valence-electron chi connectivity index (χ0n) is 8.35. The summed E-state index contributed by atoms with van der Waals surface area (Å²) in [4.78, 5) is 4.27. The van der Waals surface area contributed by atoms with Crippen molar-refractivity contribution in [3.05, 3.63) is 22.3 Å². The first-order chi connectivity index (χ1) is 6.63. The molecule has 0 amide bonds. The van der Waals surface area contributed by atoms with Crippen LogP contribution in [0.3, 0.4) is 0 Å². The Kier molecular flexibility index (Phi) is 4.69. The van der Waals surface area contributed by atoms with Crippen LogP contribution in [0.25, 0.3) is 0 Å². The van der Waals surface area contributed by atoms with E-state index in [9.17, 15) is 0 Å².